The monoisotopic (exact) mass is 204 g/mol. The minimum absolute atomic E-state index is 0.720. The van der Waals surface area contributed by atoms with E-state index in [0.29, 0.717) is 0 Å². The maximum atomic E-state index is 4.07. The Bertz CT molecular complexity index is 511. The summed E-state index contributed by atoms with van der Waals surface area (Å²) in [6, 6.07) is 11.2. The molecule has 16 heavy (non-hydrogen) atoms. The van der Waals surface area contributed by atoms with Crippen LogP contribution in [0.15, 0.2) is 48.8 Å². The van der Waals surface area contributed by atoms with Crippen LogP contribution >= 0.6 is 0 Å². The van der Waals surface area contributed by atoms with Crippen LogP contribution in [0, 0.1) is 23.7 Å². The highest BCUT2D eigenvalue weighted by Crippen LogP contribution is 1.90. The first-order valence-electron chi connectivity index (χ1n) is 4.79. The second-order valence-electron chi connectivity index (χ2n) is 2.93. The molecule has 0 unspecified atom stereocenters. The molecule has 74 valence electrons. The Balaban J connectivity index is 2.09. The first-order chi connectivity index (χ1) is 7.95. The van der Waals surface area contributed by atoms with E-state index in [2.05, 4.69) is 33.6 Å². The molecule has 0 bridgehead atoms. The van der Waals surface area contributed by atoms with Crippen molar-refractivity contribution in [3.05, 3.63) is 60.2 Å². The maximum Gasteiger partial charge on any atom is 0.114 e. The van der Waals surface area contributed by atoms with Gasteiger partial charge in [0.2, 0.25) is 0 Å². The van der Waals surface area contributed by atoms with Crippen LogP contribution in [0.25, 0.3) is 0 Å². The summed E-state index contributed by atoms with van der Waals surface area (Å²) in [7, 11) is 0. The molecule has 0 saturated carbocycles. The lowest BCUT2D eigenvalue weighted by Crippen LogP contribution is -1.78. The van der Waals surface area contributed by atoms with Crippen molar-refractivity contribution in [1.82, 2.24) is 9.97 Å². The number of rotatable bonds is 0. The van der Waals surface area contributed by atoms with Crippen LogP contribution in [-0.2, 0) is 0 Å². The minimum Gasteiger partial charge on any atom is -0.248 e. The predicted octanol–water partition coefficient (Wildman–Crippen LogP) is 1.88. The number of hydrogen-bond donors (Lipinski definition) is 0. The fourth-order valence-electron chi connectivity index (χ4n) is 1.06. The van der Waals surface area contributed by atoms with Crippen LogP contribution in [-0.4, -0.2) is 9.97 Å². The van der Waals surface area contributed by atoms with Crippen molar-refractivity contribution in [1.29, 1.82) is 0 Å². The minimum atomic E-state index is 0.720. The quantitative estimate of drug-likeness (QED) is 0.612. The normalized spacial score (nSPS) is 8.25. The standard InChI is InChI=1S/C14H8N2/c1(7-13-9-3-5-11-15-13)2-8-14-10-4-6-12-16-14/h3-6,9-12H. The van der Waals surface area contributed by atoms with Gasteiger partial charge < -0.3 is 0 Å². The molecule has 0 radical (unpaired) electrons. The van der Waals surface area contributed by atoms with Crippen molar-refractivity contribution in [3.8, 4) is 23.7 Å². The second kappa shape index (κ2) is 5.34. The van der Waals surface area contributed by atoms with E-state index >= 15 is 0 Å². The molecule has 0 spiro atoms. The lowest BCUT2D eigenvalue weighted by Gasteiger charge is -1.84. The van der Waals surface area contributed by atoms with Crippen LogP contribution in [0.1, 0.15) is 11.4 Å². The predicted molar refractivity (Wildman–Crippen MR) is 62.2 cm³/mol. The van der Waals surface area contributed by atoms with E-state index in [1.165, 1.54) is 0 Å². The Morgan fingerprint density at radius 1 is 0.688 bits per heavy atom. The maximum absolute atomic E-state index is 4.07. The lowest BCUT2D eigenvalue weighted by atomic mass is 10.3. The van der Waals surface area contributed by atoms with Crippen molar-refractivity contribution in [3.63, 3.8) is 0 Å². The van der Waals surface area contributed by atoms with Gasteiger partial charge in [-0.25, -0.2) is 9.97 Å². The summed E-state index contributed by atoms with van der Waals surface area (Å²) in [4.78, 5) is 8.13. The van der Waals surface area contributed by atoms with E-state index in [1.54, 1.807) is 12.4 Å². The third-order valence-electron chi connectivity index (χ3n) is 1.77. The molecule has 0 amide bonds. The summed E-state index contributed by atoms with van der Waals surface area (Å²) in [5, 5.41) is 0. The molecule has 0 atom stereocenters. The van der Waals surface area contributed by atoms with Gasteiger partial charge in [-0.3, -0.25) is 0 Å². The van der Waals surface area contributed by atoms with Crippen molar-refractivity contribution in [2.75, 3.05) is 0 Å². The van der Waals surface area contributed by atoms with Gasteiger partial charge in [0.15, 0.2) is 0 Å². The van der Waals surface area contributed by atoms with Crippen LogP contribution in [0.2, 0.25) is 0 Å². The summed E-state index contributed by atoms with van der Waals surface area (Å²) < 4.78 is 0. The number of hydrogen-bond acceptors (Lipinski definition) is 2. The zero-order valence-corrected chi connectivity index (χ0v) is 8.51. The molecule has 2 heterocycles. The second-order valence-corrected chi connectivity index (χ2v) is 2.93. The van der Waals surface area contributed by atoms with Gasteiger partial charge in [-0.1, -0.05) is 12.1 Å². The van der Waals surface area contributed by atoms with Crippen molar-refractivity contribution in [2.24, 2.45) is 0 Å². The van der Waals surface area contributed by atoms with E-state index < -0.39 is 0 Å². The lowest BCUT2D eigenvalue weighted by molar-refractivity contribution is 1.29. The van der Waals surface area contributed by atoms with Gasteiger partial charge in [0.25, 0.3) is 0 Å². The highest BCUT2D eigenvalue weighted by Gasteiger charge is 1.82. The molecule has 0 aliphatic heterocycles. The van der Waals surface area contributed by atoms with Crippen molar-refractivity contribution >= 4 is 0 Å². The van der Waals surface area contributed by atoms with Gasteiger partial charge >= 0.3 is 0 Å². The molecule has 2 aromatic heterocycles. The third-order valence-corrected chi connectivity index (χ3v) is 1.77. The van der Waals surface area contributed by atoms with E-state index in [0.717, 1.165) is 11.4 Å². The first kappa shape index (κ1) is 9.96. The largest absolute Gasteiger partial charge is 0.248 e. The molecule has 2 nitrogen and oxygen atoms in total. The molecule has 0 aliphatic carbocycles. The fraction of sp³-hybridized carbons (Fsp3) is 0. The van der Waals surface area contributed by atoms with Gasteiger partial charge in [0, 0.05) is 12.4 Å². The summed E-state index contributed by atoms with van der Waals surface area (Å²) in [6.07, 6.45) is 3.41. The average molecular weight is 204 g/mol. The molecule has 0 saturated heterocycles. The summed E-state index contributed by atoms with van der Waals surface area (Å²) in [5.41, 5.74) is 1.44. The Labute approximate surface area is 94.4 Å². The highest BCUT2D eigenvalue weighted by molar-refractivity contribution is 5.39. The SMILES string of the molecule is C(C#Cc1ccccn1)#Cc1ccccn1. The van der Waals surface area contributed by atoms with Crippen LogP contribution in [0.5, 0.6) is 0 Å². The van der Waals surface area contributed by atoms with Gasteiger partial charge in [-0.05, 0) is 47.9 Å². The van der Waals surface area contributed by atoms with E-state index in [1.807, 2.05) is 36.4 Å². The van der Waals surface area contributed by atoms with Crippen LogP contribution in [0.3, 0.4) is 0 Å². The molecule has 0 N–H and O–H groups in total. The number of pyridine rings is 2. The molecular formula is C14H8N2. The van der Waals surface area contributed by atoms with E-state index in [4.69, 9.17) is 0 Å². The number of aromatic nitrogens is 2. The van der Waals surface area contributed by atoms with Gasteiger partial charge in [-0.15, -0.1) is 0 Å². The van der Waals surface area contributed by atoms with Crippen molar-refractivity contribution in [2.45, 2.75) is 0 Å². The summed E-state index contributed by atoms with van der Waals surface area (Å²) >= 11 is 0. The van der Waals surface area contributed by atoms with Crippen LogP contribution in [0.4, 0.5) is 0 Å². The van der Waals surface area contributed by atoms with Crippen molar-refractivity contribution < 1.29 is 0 Å². The fourth-order valence-corrected chi connectivity index (χ4v) is 1.06. The zero-order valence-electron chi connectivity index (χ0n) is 8.51. The smallest absolute Gasteiger partial charge is 0.114 e. The van der Waals surface area contributed by atoms with Gasteiger partial charge in [0.1, 0.15) is 11.4 Å². The van der Waals surface area contributed by atoms with E-state index in [-0.39, 0.29) is 0 Å². The summed E-state index contributed by atoms with van der Waals surface area (Å²) in [6.45, 7) is 0. The topological polar surface area (TPSA) is 25.8 Å². The Hall–Kier alpha value is -2.58. The first-order valence-corrected chi connectivity index (χ1v) is 4.79. The third kappa shape index (κ3) is 2.97. The molecule has 2 rings (SSSR count). The average Bonchev–Trinajstić information content (AvgIpc) is 2.37. The molecule has 0 aliphatic rings. The Morgan fingerprint density at radius 2 is 1.19 bits per heavy atom. The molecule has 2 aromatic rings. The van der Waals surface area contributed by atoms with Gasteiger partial charge in [-0.2, -0.15) is 0 Å². The Morgan fingerprint density at radius 3 is 1.56 bits per heavy atom. The van der Waals surface area contributed by atoms with Gasteiger partial charge in [0.05, 0.1) is 0 Å². The summed E-state index contributed by atoms with van der Waals surface area (Å²) in [5.74, 6) is 11.2. The molecule has 0 fully saturated rings. The molecule has 2 heteroatoms. The Kier molecular flexibility index (Phi) is 3.32. The highest BCUT2D eigenvalue weighted by atomic mass is 14.6. The van der Waals surface area contributed by atoms with Crippen LogP contribution < -0.4 is 0 Å². The number of nitrogens with zero attached hydrogens (tertiary/aromatic N) is 2. The van der Waals surface area contributed by atoms with E-state index in [9.17, 15) is 0 Å². The molecule has 0 aromatic carbocycles. The zero-order chi connectivity index (χ0) is 11.1. The molecular weight excluding hydrogens is 196 g/mol.